The van der Waals surface area contributed by atoms with E-state index in [-0.39, 0.29) is 22.2 Å². The first-order chi connectivity index (χ1) is 14.5. The van der Waals surface area contributed by atoms with E-state index in [2.05, 4.69) is 20.5 Å². The summed E-state index contributed by atoms with van der Waals surface area (Å²) in [5, 5.41) is 10.2. The van der Waals surface area contributed by atoms with Crippen LogP contribution in [0.15, 0.2) is 76.8 Å². The molecule has 2 aromatic carbocycles. The number of aromatic nitrogens is 3. The lowest BCUT2D eigenvalue weighted by molar-refractivity contribution is 0.0950. The van der Waals surface area contributed by atoms with E-state index < -0.39 is 9.84 Å². The molecule has 0 unspecified atom stereocenters. The highest BCUT2D eigenvalue weighted by Crippen LogP contribution is 2.22. The largest absolute Gasteiger partial charge is 0.348 e. The van der Waals surface area contributed by atoms with Gasteiger partial charge in [-0.1, -0.05) is 31.2 Å². The average Bonchev–Trinajstić information content (AvgIpc) is 3.25. The second-order valence-corrected chi connectivity index (χ2v) is 8.81. The van der Waals surface area contributed by atoms with E-state index in [9.17, 15) is 13.2 Å². The number of carbonyl (C=O) groups excluding carboxylic acids is 1. The predicted molar refractivity (Wildman–Crippen MR) is 113 cm³/mol. The lowest BCUT2D eigenvalue weighted by atomic mass is 10.2. The minimum absolute atomic E-state index is 0.223. The zero-order chi connectivity index (χ0) is 21.1. The lowest BCUT2D eigenvalue weighted by Gasteiger charge is -2.08. The highest BCUT2D eigenvalue weighted by Gasteiger charge is 2.18. The van der Waals surface area contributed by atoms with Crippen LogP contribution in [0.4, 0.5) is 0 Å². The minimum atomic E-state index is -3.58. The number of benzene rings is 2. The van der Waals surface area contributed by atoms with E-state index in [1.165, 1.54) is 6.20 Å². The van der Waals surface area contributed by atoms with Crippen LogP contribution < -0.4 is 5.32 Å². The molecule has 30 heavy (non-hydrogen) atoms. The molecule has 0 radical (unpaired) electrons. The molecule has 0 aliphatic rings. The Morgan fingerprint density at radius 1 is 1.00 bits per heavy atom. The summed E-state index contributed by atoms with van der Waals surface area (Å²) in [7, 11) is -3.58. The summed E-state index contributed by atoms with van der Waals surface area (Å²) in [6, 6.07) is 15.2. The van der Waals surface area contributed by atoms with E-state index in [1.807, 2.05) is 13.0 Å². The number of hydrogen-bond acceptors (Lipinski definition) is 5. The molecule has 1 amide bonds. The van der Waals surface area contributed by atoms with Crippen LogP contribution >= 0.6 is 0 Å². The molecule has 4 rings (SSSR count). The van der Waals surface area contributed by atoms with Crippen LogP contribution in [-0.2, 0) is 22.8 Å². The SMILES string of the molecule is CCc1cccc(S(=O)(=O)c2ccc(CNC(=O)c3cnc4[nH]ncc4c3)cc2)c1. The molecular weight excluding hydrogens is 400 g/mol. The van der Waals surface area contributed by atoms with Crippen molar-refractivity contribution >= 4 is 26.8 Å². The van der Waals surface area contributed by atoms with E-state index in [0.29, 0.717) is 11.2 Å². The summed E-state index contributed by atoms with van der Waals surface area (Å²) in [6.45, 7) is 2.26. The van der Waals surface area contributed by atoms with Crippen molar-refractivity contribution in [2.45, 2.75) is 29.7 Å². The number of nitrogens with zero attached hydrogens (tertiary/aromatic N) is 2. The van der Waals surface area contributed by atoms with Crippen LogP contribution in [0.1, 0.15) is 28.4 Å². The summed E-state index contributed by atoms with van der Waals surface area (Å²) in [5.74, 6) is -0.265. The Hall–Kier alpha value is -3.52. The first-order valence-electron chi connectivity index (χ1n) is 9.47. The van der Waals surface area contributed by atoms with Gasteiger partial charge in [-0.15, -0.1) is 0 Å². The molecule has 2 heterocycles. The van der Waals surface area contributed by atoms with Gasteiger partial charge in [0, 0.05) is 18.1 Å². The van der Waals surface area contributed by atoms with Crippen molar-refractivity contribution in [1.29, 1.82) is 0 Å². The number of aromatic amines is 1. The molecule has 0 atom stereocenters. The van der Waals surface area contributed by atoms with Gasteiger partial charge in [-0.25, -0.2) is 13.4 Å². The fraction of sp³-hybridized carbons (Fsp3) is 0.136. The Labute approximate surface area is 174 Å². The Bertz CT molecular complexity index is 1310. The van der Waals surface area contributed by atoms with Gasteiger partial charge >= 0.3 is 0 Å². The third-order valence-corrected chi connectivity index (χ3v) is 6.62. The molecule has 0 aliphatic carbocycles. The van der Waals surface area contributed by atoms with E-state index in [0.717, 1.165) is 22.9 Å². The Kier molecular flexibility index (Phi) is 5.33. The van der Waals surface area contributed by atoms with Crippen molar-refractivity contribution < 1.29 is 13.2 Å². The molecule has 0 aliphatic heterocycles. The summed E-state index contributed by atoms with van der Waals surface area (Å²) < 4.78 is 25.7. The fourth-order valence-corrected chi connectivity index (χ4v) is 4.43. The molecule has 0 saturated heterocycles. The molecule has 7 nitrogen and oxygen atoms in total. The van der Waals surface area contributed by atoms with Crippen molar-refractivity contribution in [3.8, 4) is 0 Å². The normalized spacial score (nSPS) is 11.5. The summed E-state index contributed by atoms with van der Waals surface area (Å²) in [6.07, 6.45) is 3.86. The van der Waals surface area contributed by atoms with Crippen molar-refractivity contribution in [3.05, 3.63) is 83.7 Å². The Morgan fingerprint density at radius 2 is 1.80 bits per heavy atom. The van der Waals surface area contributed by atoms with Crippen molar-refractivity contribution in [1.82, 2.24) is 20.5 Å². The smallest absolute Gasteiger partial charge is 0.253 e. The first kappa shape index (κ1) is 19.8. The lowest BCUT2D eigenvalue weighted by Crippen LogP contribution is -2.22. The third kappa shape index (κ3) is 3.95. The third-order valence-electron chi connectivity index (χ3n) is 4.86. The predicted octanol–water partition coefficient (Wildman–Crippen LogP) is 3.28. The van der Waals surface area contributed by atoms with Crippen LogP contribution in [0.2, 0.25) is 0 Å². The van der Waals surface area contributed by atoms with Crippen LogP contribution in [-0.4, -0.2) is 29.5 Å². The van der Waals surface area contributed by atoms with Crippen LogP contribution in [0, 0.1) is 0 Å². The van der Waals surface area contributed by atoms with Crippen LogP contribution in [0.25, 0.3) is 11.0 Å². The van der Waals surface area contributed by atoms with Gasteiger partial charge in [0.2, 0.25) is 9.84 Å². The maximum atomic E-state index is 12.9. The summed E-state index contributed by atoms with van der Waals surface area (Å²) in [4.78, 5) is 17.0. The molecule has 8 heteroatoms. The molecule has 0 fully saturated rings. The van der Waals surface area contributed by atoms with E-state index >= 15 is 0 Å². The second-order valence-electron chi connectivity index (χ2n) is 6.86. The van der Waals surface area contributed by atoms with E-state index in [4.69, 9.17) is 0 Å². The first-order valence-corrected chi connectivity index (χ1v) is 11.0. The van der Waals surface area contributed by atoms with Gasteiger partial charge in [0.15, 0.2) is 5.65 Å². The number of pyridine rings is 1. The number of rotatable bonds is 6. The van der Waals surface area contributed by atoms with Crippen LogP contribution in [0.3, 0.4) is 0 Å². The van der Waals surface area contributed by atoms with E-state index in [1.54, 1.807) is 54.7 Å². The summed E-state index contributed by atoms with van der Waals surface area (Å²) in [5.41, 5.74) is 2.81. The maximum absolute atomic E-state index is 12.9. The molecule has 0 spiro atoms. The number of hydrogen-bond donors (Lipinski definition) is 2. The highest BCUT2D eigenvalue weighted by atomic mass is 32.2. The van der Waals surface area contributed by atoms with Gasteiger partial charge in [-0.3, -0.25) is 9.89 Å². The van der Waals surface area contributed by atoms with Gasteiger partial charge < -0.3 is 5.32 Å². The molecular formula is C22H20N4O3S. The Morgan fingerprint density at radius 3 is 2.57 bits per heavy atom. The van der Waals surface area contributed by atoms with Gasteiger partial charge in [-0.2, -0.15) is 5.10 Å². The Balaban J connectivity index is 1.46. The number of sulfone groups is 1. The molecule has 2 aromatic heterocycles. The van der Waals surface area contributed by atoms with Gasteiger partial charge in [0.05, 0.1) is 21.6 Å². The standard InChI is InChI=1S/C22H20N4O3S/c1-2-15-4-3-5-20(10-15)30(28,29)19-8-6-16(7-9-19)12-24-22(27)18-11-17-14-25-26-21(17)23-13-18/h3-11,13-14H,2,12H2,1H3,(H,24,27)(H,23,25,26). The second kappa shape index (κ2) is 8.08. The minimum Gasteiger partial charge on any atom is -0.348 e. The van der Waals surface area contributed by atoms with Crippen LogP contribution in [0.5, 0.6) is 0 Å². The quantitative estimate of drug-likeness (QED) is 0.498. The molecule has 152 valence electrons. The molecule has 0 saturated carbocycles. The number of H-pyrrole nitrogens is 1. The maximum Gasteiger partial charge on any atom is 0.253 e. The number of fused-ring (bicyclic) bond motifs is 1. The monoisotopic (exact) mass is 420 g/mol. The van der Waals surface area contributed by atoms with Gasteiger partial charge in [0.25, 0.3) is 5.91 Å². The number of carbonyl (C=O) groups is 1. The van der Waals surface area contributed by atoms with Crippen molar-refractivity contribution in [3.63, 3.8) is 0 Å². The zero-order valence-electron chi connectivity index (χ0n) is 16.3. The van der Waals surface area contributed by atoms with Crippen molar-refractivity contribution in [2.24, 2.45) is 0 Å². The van der Waals surface area contributed by atoms with Crippen molar-refractivity contribution in [2.75, 3.05) is 0 Å². The molecule has 4 aromatic rings. The zero-order valence-corrected chi connectivity index (χ0v) is 17.1. The molecule has 0 bridgehead atoms. The fourth-order valence-electron chi connectivity index (χ4n) is 3.10. The van der Waals surface area contributed by atoms with Gasteiger partial charge in [-0.05, 0) is 47.9 Å². The average molecular weight is 420 g/mol. The highest BCUT2D eigenvalue weighted by molar-refractivity contribution is 7.91. The number of nitrogens with one attached hydrogen (secondary N) is 2. The molecule has 2 N–H and O–H groups in total. The number of aryl methyl sites for hydroxylation is 1. The number of amides is 1. The summed E-state index contributed by atoms with van der Waals surface area (Å²) >= 11 is 0. The van der Waals surface area contributed by atoms with Gasteiger partial charge in [0.1, 0.15) is 0 Å². The topological polar surface area (TPSA) is 105 Å².